The molecule has 0 aliphatic heterocycles. The molecule has 0 bridgehead atoms. The summed E-state index contributed by atoms with van der Waals surface area (Å²) < 4.78 is 2.00. The van der Waals surface area contributed by atoms with Crippen LogP contribution in [-0.2, 0) is 18.4 Å². The van der Waals surface area contributed by atoms with E-state index < -0.39 is 0 Å². The largest absolute Gasteiger partial charge is 0.378 e. The molecule has 4 aromatic rings. The van der Waals surface area contributed by atoms with E-state index in [4.69, 9.17) is 10.4 Å². The third kappa shape index (κ3) is 6.89. The average Bonchev–Trinajstić information content (AvgIpc) is 3.28. The Labute approximate surface area is 223 Å². The molecule has 1 amide bonds. The summed E-state index contributed by atoms with van der Waals surface area (Å²) in [6, 6.07) is 18.5. The highest BCUT2D eigenvalue weighted by Crippen LogP contribution is 2.21. The number of Topliss-reactive ketones (excluding diaryl/α,β-unsaturated/α-hetero) is 1. The standard InChI is InChI=1S/C28H30N6O2.CH5N/c1-3-6-23(35)14-16-34(26-7-4-5-15-30-26)28(36)21-10-13-25-24(17-21)32-27(33(25)2)19-31-22-11-8-20(18-29)9-12-22;1-2/h4-5,7-13,15,17-18,29,31H,3,6,14,16,19H2,1-2H3;2H2,1H3. The summed E-state index contributed by atoms with van der Waals surface area (Å²) in [5, 5.41) is 10.7. The van der Waals surface area contributed by atoms with E-state index in [2.05, 4.69) is 16.0 Å². The maximum atomic E-state index is 13.5. The Hall–Kier alpha value is -4.37. The number of nitrogens with zero attached hydrogens (tertiary/aromatic N) is 4. The van der Waals surface area contributed by atoms with E-state index in [0.29, 0.717) is 30.8 Å². The number of anilines is 2. The summed E-state index contributed by atoms with van der Waals surface area (Å²) >= 11 is 0. The number of imidazole rings is 1. The van der Waals surface area contributed by atoms with Gasteiger partial charge in [0, 0.05) is 50.1 Å². The number of aryl methyl sites for hydroxylation is 1. The van der Waals surface area contributed by atoms with Crippen molar-refractivity contribution in [3.8, 4) is 0 Å². The Morgan fingerprint density at radius 2 is 1.84 bits per heavy atom. The molecule has 38 heavy (non-hydrogen) atoms. The lowest BCUT2D eigenvalue weighted by Crippen LogP contribution is -2.33. The zero-order chi connectivity index (χ0) is 27.5. The lowest BCUT2D eigenvalue weighted by Gasteiger charge is -2.21. The smallest absolute Gasteiger partial charge is 0.259 e. The van der Waals surface area contributed by atoms with Gasteiger partial charge in [-0.1, -0.05) is 25.1 Å². The minimum atomic E-state index is -0.212. The van der Waals surface area contributed by atoms with Crippen LogP contribution in [0.2, 0.25) is 0 Å². The van der Waals surface area contributed by atoms with Crippen LogP contribution in [0.15, 0.2) is 66.9 Å². The third-order valence-electron chi connectivity index (χ3n) is 6.06. The molecule has 4 rings (SSSR count). The highest BCUT2D eigenvalue weighted by atomic mass is 16.2. The SMILES string of the molecule is CCCC(=O)CCN(C(=O)c1ccc2c(c1)nc(CNc1ccc(C=N)cc1)n2C)c1ccccn1.CN. The van der Waals surface area contributed by atoms with Crippen molar-refractivity contribution in [2.45, 2.75) is 32.7 Å². The molecule has 0 aliphatic carbocycles. The summed E-state index contributed by atoms with van der Waals surface area (Å²) in [5.74, 6) is 1.27. The minimum Gasteiger partial charge on any atom is -0.378 e. The summed E-state index contributed by atoms with van der Waals surface area (Å²) in [6.07, 6.45) is 4.54. The number of aromatic nitrogens is 3. The van der Waals surface area contributed by atoms with Crippen molar-refractivity contribution < 1.29 is 9.59 Å². The Balaban J connectivity index is 0.00000195. The van der Waals surface area contributed by atoms with E-state index in [-0.39, 0.29) is 18.2 Å². The minimum absolute atomic E-state index is 0.135. The molecule has 0 fully saturated rings. The maximum absolute atomic E-state index is 13.5. The van der Waals surface area contributed by atoms with Gasteiger partial charge in [-0.05, 0) is 61.5 Å². The van der Waals surface area contributed by atoms with Crippen LogP contribution in [-0.4, -0.2) is 46.0 Å². The van der Waals surface area contributed by atoms with Crippen molar-refractivity contribution in [2.75, 3.05) is 23.8 Å². The fourth-order valence-corrected chi connectivity index (χ4v) is 4.05. The van der Waals surface area contributed by atoms with E-state index in [1.54, 1.807) is 35.4 Å². The second-order valence-electron chi connectivity index (χ2n) is 8.59. The van der Waals surface area contributed by atoms with Gasteiger partial charge < -0.3 is 21.0 Å². The molecule has 0 atom stereocenters. The van der Waals surface area contributed by atoms with Crippen LogP contribution in [0, 0.1) is 5.41 Å². The molecule has 2 heterocycles. The van der Waals surface area contributed by atoms with E-state index >= 15 is 0 Å². The molecule has 4 N–H and O–H groups in total. The van der Waals surface area contributed by atoms with E-state index in [0.717, 1.165) is 34.5 Å². The number of amides is 1. The Bertz CT molecular complexity index is 1370. The lowest BCUT2D eigenvalue weighted by molar-refractivity contribution is -0.118. The number of ketones is 1. The van der Waals surface area contributed by atoms with Crippen molar-refractivity contribution in [3.05, 3.63) is 83.8 Å². The van der Waals surface area contributed by atoms with Gasteiger partial charge in [-0.25, -0.2) is 9.97 Å². The lowest BCUT2D eigenvalue weighted by atomic mass is 10.1. The van der Waals surface area contributed by atoms with Crippen molar-refractivity contribution in [1.29, 1.82) is 5.41 Å². The first-order valence-corrected chi connectivity index (χ1v) is 12.6. The molecule has 2 aromatic carbocycles. The molecule has 0 aliphatic rings. The van der Waals surface area contributed by atoms with Gasteiger partial charge in [-0.15, -0.1) is 0 Å². The van der Waals surface area contributed by atoms with Gasteiger partial charge in [0.25, 0.3) is 5.91 Å². The second-order valence-corrected chi connectivity index (χ2v) is 8.59. The number of hydrogen-bond acceptors (Lipinski definition) is 7. The normalized spacial score (nSPS) is 10.4. The van der Waals surface area contributed by atoms with Crippen LogP contribution in [0.1, 0.15) is 47.9 Å². The van der Waals surface area contributed by atoms with E-state index in [9.17, 15) is 9.59 Å². The topological polar surface area (TPSA) is 130 Å². The molecular formula is C29H35N7O2. The molecule has 2 aromatic heterocycles. The van der Waals surface area contributed by atoms with Crippen LogP contribution < -0.4 is 16.0 Å². The van der Waals surface area contributed by atoms with Crippen molar-refractivity contribution >= 4 is 40.4 Å². The van der Waals surface area contributed by atoms with Crippen LogP contribution in [0.5, 0.6) is 0 Å². The quantitative estimate of drug-likeness (QED) is 0.252. The molecule has 0 unspecified atom stereocenters. The van der Waals surface area contributed by atoms with Gasteiger partial charge in [0.05, 0.1) is 17.6 Å². The predicted octanol–water partition coefficient (Wildman–Crippen LogP) is 4.56. The first-order valence-electron chi connectivity index (χ1n) is 12.6. The van der Waals surface area contributed by atoms with Crippen LogP contribution in [0.4, 0.5) is 11.5 Å². The van der Waals surface area contributed by atoms with Crippen molar-refractivity contribution in [1.82, 2.24) is 14.5 Å². The van der Waals surface area contributed by atoms with Crippen LogP contribution >= 0.6 is 0 Å². The number of nitrogens with two attached hydrogens (primary N) is 1. The number of hydrogen-bond donors (Lipinski definition) is 3. The molecule has 198 valence electrons. The summed E-state index contributed by atoms with van der Waals surface area (Å²) in [6.45, 7) is 2.76. The zero-order valence-electron chi connectivity index (χ0n) is 22.1. The monoisotopic (exact) mass is 513 g/mol. The van der Waals surface area contributed by atoms with E-state index in [1.807, 2.05) is 54.9 Å². The van der Waals surface area contributed by atoms with Gasteiger partial charge in [0.2, 0.25) is 0 Å². The molecule has 0 spiro atoms. The molecule has 9 heteroatoms. The van der Waals surface area contributed by atoms with Gasteiger partial charge in [0.15, 0.2) is 0 Å². The van der Waals surface area contributed by atoms with Crippen molar-refractivity contribution in [3.63, 3.8) is 0 Å². The Kier molecular flexibility index (Phi) is 10.2. The number of nitrogens with one attached hydrogen (secondary N) is 2. The summed E-state index contributed by atoms with van der Waals surface area (Å²) in [5.41, 5.74) is 8.42. The highest BCUT2D eigenvalue weighted by molar-refractivity contribution is 6.07. The first-order chi connectivity index (χ1) is 18.5. The fourth-order valence-electron chi connectivity index (χ4n) is 4.05. The first kappa shape index (κ1) is 28.2. The Morgan fingerprint density at radius 3 is 2.50 bits per heavy atom. The van der Waals surface area contributed by atoms with Gasteiger partial charge in [0.1, 0.15) is 17.4 Å². The summed E-state index contributed by atoms with van der Waals surface area (Å²) in [7, 11) is 3.45. The fraction of sp³-hybridized carbons (Fsp3) is 0.276. The Morgan fingerprint density at radius 1 is 1.08 bits per heavy atom. The molecule has 9 nitrogen and oxygen atoms in total. The van der Waals surface area contributed by atoms with Crippen molar-refractivity contribution in [2.24, 2.45) is 12.8 Å². The average molecular weight is 514 g/mol. The second kappa shape index (κ2) is 13.8. The number of carbonyl (C=O) groups is 2. The van der Waals surface area contributed by atoms with Crippen LogP contribution in [0.25, 0.3) is 11.0 Å². The number of benzene rings is 2. The highest BCUT2D eigenvalue weighted by Gasteiger charge is 2.21. The number of carbonyl (C=O) groups excluding carboxylic acids is 2. The predicted molar refractivity (Wildman–Crippen MR) is 153 cm³/mol. The summed E-state index contributed by atoms with van der Waals surface area (Å²) in [4.78, 5) is 36.4. The van der Waals surface area contributed by atoms with Gasteiger partial charge in [-0.3, -0.25) is 14.5 Å². The number of fused-ring (bicyclic) bond motifs is 1. The molecule has 0 radical (unpaired) electrons. The zero-order valence-corrected chi connectivity index (χ0v) is 22.1. The molecule has 0 saturated carbocycles. The van der Waals surface area contributed by atoms with Gasteiger partial charge >= 0.3 is 0 Å². The maximum Gasteiger partial charge on any atom is 0.259 e. The third-order valence-corrected chi connectivity index (χ3v) is 6.06. The van der Waals surface area contributed by atoms with Crippen LogP contribution in [0.3, 0.4) is 0 Å². The number of pyridine rings is 1. The van der Waals surface area contributed by atoms with Gasteiger partial charge in [-0.2, -0.15) is 0 Å². The molecular weight excluding hydrogens is 478 g/mol. The molecule has 0 saturated heterocycles. The number of rotatable bonds is 11. The van der Waals surface area contributed by atoms with E-state index in [1.165, 1.54) is 13.3 Å².